The molecular formula is C32H44IN4O5Si+. The molecule has 1 aromatic carbocycles. The van der Waals surface area contributed by atoms with Crippen molar-refractivity contribution in [3.05, 3.63) is 51.9 Å². The number of carbonyl (C=O) groups is 2. The summed E-state index contributed by atoms with van der Waals surface area (Å²) < 4.78 is 20.7. The van der Waals surface area contributed by atoms with Crippen molar-refractivity contribution < 1.29 is 23.8 Å². The summed E-state index contributed by atoms with van der Waals surface area (Å²) in [5, 5.41) is 6.88. The maximum absolute atomic E-state index is 13.3. The van der Waals surface area contributed by atoms with E-state index in [9.17, 15) is 9.59 Å². The normalized spacial score (nSPS) is 14.7. The Kier molecular flexibility index (Phi) is 11.9. The van der Waals surface area contributed by atoms with Gasteiger partial charge in [-0.2, -0.15) is 0 Å². The summed E-state index contributed by atoms with van der Waals surface area (Å²) in [6.07, 6.45) is 8.85. The molecule has 2 heterocycles. The first-order chi connectivity index (χ1) is 20.5. The van der Waals surface area contributed by atoms with Gasteiger partial charge in [0.05, 0.1) is 31.1 Å². The second-order valence-corrected chi connectivity index (χ2v) is 16.5. The first kappa shape index (κ1) is 33.3. The van der Waals surface area contributed by atoms with Crippen LogP contribution in [0.5, 0.6) is 11.5 Å². The van der Waals surface area contributed by atoms with Gasteiger partial charge in [0.2, 0.25) is 5.91 Å². The third-order valence-corrected chi connectivity index (χ3v) is 9.22. The van der Waals surface area contributed by atoms with Gasteiger partial charge in [0, 0.05) is 28.4 Å². The quantitative estimate of drug-likeness (QED) is 0.118. The number of pyridine rings is 1. The lowest BCUT2D eigenvalue weighted by Gasteiger charge is -2.27. The Hall–Kier alpha value is -2.64. The monoisotopic (exact) mass is 719 g/mol. The van der Waals surface area contributed by atoms with E-state index in [-0.39, 0.29) is 20.7 Å². The highest BCUT2D eigenvalue weighted by molar-refractivity contribution is 14.1. The number of benzene rings is 1. The van der Waals surface area contributed by atoms with Gasteiger partial charge in [-0.3, -0.25) is 4.79 Å². The maximum atomic E-state index is 13.3. The number of hydrogen-bond acceptors (Lipinski definition) is 6. The number of nitrogens with one attached hydrogen (secondary N) is 2. The fourth-order valence-electron chi connectivity index (χ4n) is 5.03. The van der Waals surface area contributed by atoms with Crippen molar-refractivity contribution in [3.8, 4) is 11.5 Å². The number of aromatic nitrogens is 2. The number of carbonyl (C=O) groups excluding carboxylic acids is 2. The molecule has 1 fully saturated rings. The van der Waals surface area contributed by atoms with Gasteiger partial charge in [0.15, 0.2) is 0 Å². The van der Waals surface area contributed by atoms with E-state index >= 15 is 0 Å². The summed E-state index contributed by atoms with van der Waals surface area (Å²) in [7, 11) is -0.314. The van der Waals surface area contributed by atoms with Gasteiger partial charge in [0.25, 0.3) is 0 Å². The lowest BCUT2D eigenvalue weighted by molar-refractivity contribution is -0.124. The van der Waals surface area contributed by atoms with Crippen molar-refractivity contribution in [2.45, 2.75) is 103 Å². The predicted molar refractivity (Wildman–Crippen MR) is 179 cm³/mol. The fourth-order valence-corrected chi connectivity index (χ4v) is 6.42. The first-order valence-electron chi connectivity index (χ1n) is 15.1. The molecule has 2 amide bonds. The van der Waals surface area contributed by atoms with Gasteiger partial charge in [-0.25, -0.2) is 9.78 Å². The molecule has 1 aliphatic carbocycles. The van der Waals surface area contributed by atoms with E-state index in [4.69, 9.17) is 14.2 Å². The number of hydrogen-bond donors (Lipinski definition) is 2. The molecule has 0 aliphatic heterocycles. The van der Waals surface area contributed by atoms with Crippen molar-refractivity contribution in [1.29, 1.82) is 0 Å². The molecule has 0 radical (unpaired) electrons. The molecule has 0 bridgehead atoms. The number of amides is 2. The maximum Gasteiger partial charge on any atom is 0.408 e. The zero-order valence-electron chi connectivity index (χ0n) is 25.9. The van der Waals surface area contributed by atoms with Gasteiger partial charge < -0.3 is 29.4 Å². The van der Waals surface area contributed by atoms with E-state index in [1.54, 1.807) is 27.0 Å². The van der Waals surface area contributed by atoms with E-state index in [2.05, 4.69) is 51.3 Å². The molecule has 232 valence electrons. The van der Waals surface area contributed by atoms with Crippen LogP contribution in [0.25, 0.3) is 11.0 Å². The molecule has 0 saturated heterocycles. The van der Waals surface area contributed by atoms with E-state index in [1.165, 1.54) is 6.42 Å². The van der Waals surface area contributed by atoms with Gasteiger partial charge >= 0.3 is 14.9 Å². The molecule has 0 spiro atoms. The summed E-state index contributed by atoms with van der Waals surface area (Å²) in [5.74, 6) is 1.19. The third-order valence-electron chi connectivity index (χ3n) is 7.20. The minimum atomic E-state index is -0.755. The smallest absolute Gasteiger partial charge is 0.408 e. The van der Waals surface area contributed by atoms with Crippen LogP contribution in [-0.4, -0.2) is 54.6 Å². The molecule has 9 nitrogen and oxygen atoms in total. The SMILES string of the molecule is C[Si+](C)CCOCn1cc(I)c2c(Oc3ccc(C[C@H](NC(=O)OC(C)(C)C)C(=O)NC4CCCCC4)cc3)ccnc21. The standard InChI is InChI=1S/C32H43IN4O5Si/c1-32(2,3)42-31(39)36-26(30(38)35-23-9-7-6-8-10-23)19-22-11-13-24(14-12-22)41-27-15-16-34-29-28(27)25(33)20-37(29)21-40-17-18-43(4)5/h11-16,20,23,26H,6-10,17-19,21H2,1-5H3,(H-,35,36,38,39)/p+1/t26-/m0/s1. The molecule has 1 atom stereocenters. The zero-order chi connectivity index (χ0) is 31.0. The van der Waals surface area contributed by atoms with Crippen LogP contribution < -0.4 is 15.4 Å². The van der Waals surface area contributed by atoms with Gasteiger partial charge in [-0.1, -0.05) is 31.4 Å². The third kappa shape index (κ3) is 10.2. The Labute approximate surface area is 270 Å². The highest BCUT2D eigenvalue weighted by Crippen LogP contribution is 2.33. The van der Waals surface area contributed by atoms with E-state index in [0.717, 1.165) is 58.5 Å². The van der Waals surface area contributed by atoms with Gasteiger partial charge in [0.1, 0.15) is 35.5 Å². The summed E-state index contributed by atoms with van der Waals surface area (Å²) in [5.41, 5.74) is 1.05. The Morgan fingerprint density at radius 2 is 1.84 bits per heavy atom. The van der Waals surface area contributed by atoms with Crippen LogP contribution in [0.2, 0.25) is 19.1 Å². The number of halogens is 1. The van der Waals surface area contributed by atoms with Crippen molar-refractivity contribution in [1.82, 2.24) is 20.2 Å². The average Bonchev–Trinajstić information content (AvgIpc) is 3.27. The second-order valence-electron chi connectivity index (χ2n) is 12.4. The molecule has 4 rings (SSSR count). The van der Waals surface area contributed by atoms with Crippen molar-refractivity contribution in [3.63, 3.8) is 0 Å². The Bertz CT molecular complexity index is 1370. The average molecular weight is 720 g/mol. The number of ether oxygens (including phenoxy) is 3. The van der Waals surface area contributed by atoms with Crippen LogP contribution in [-0.2, 0) is 27.4 Å². The van der Waals surface area contributed by atoms with Crippen LogP contribution in [0.3, 0.4) is 0 Å². The van der Waals surface area contributed by atoms with Crippen LogP contribution in [0.4, 0.5) is 4.79 Å². The molecule has 0 unspecified atom stereocenters. The fraction of sp³-hybridized carbons (Fsp3) is 0.531. The van der Waals surface area contributed by atoms with Crippen molar-refractivity contribution >= 4 is 54.4 Å². The first-order valence-corrected chi connectivity index (χ1v) is 18.8. The number of fused-ring (bicyclic) bond motifs is 1. The molecule has 2 N–H and O–H groups in total. The van der Waals surface area contributed by atoms with Crippen LogP contribution in [0.15, 0.2) is 42.7 Å². The van der Waals surface area contributed by atoms with Crippen LogP contribution in [0.1, 0.15) is 58.4 Å². The highest BCUT2D eigenvalue weighted by atomic mass is 127. The minimum absolute atomic E-state index is 0.141. The van der Waals surface area contributed by atoms with Crippen LogP contribution >= 0.6 is 22.6 Å². The molecule has 3 aromatic rings. The summed E-state index contributed by atoms with van der Waals surface area (Å²) in [6, 6.07) is 9.97. The van der Waals surface area contributed by atoms with E-state index in [1.807, 2.05) is 41.1 Å². The van der Waals surface area contributed by atoms with Crippen LogP contribution in [0, 0.1) is 3.57 Å². The summed E-state index contributed by atoms with van der Waals surface area (Å²) in [6.45, 7) is 11.2. The molecule has 11 heteroatoms. The molecular weight excluding hydrogens is 675 g/mol. The Balaban J connectivity index is 1.44. The highest BCUT2D eigenvalue weighted by Gasteiger charge is 2.27. The number of alkyl carbamates (subject to hydrolysis) is 1. The summed E-state index contributed by atoms with van der Waals surface area (Å²) in [4.78, 5) is 30.5. The molecule has 2 aromatic heterocycles. The zero-order valence-corrected chi connectivity index (χ0v) is 29.0. The topological polar surface area (TPSA) is 104 Å². The Morgan fingerprint density at radius 3 is 2.51 bits per heavy atom. The number of nitrogens with zero attached hydrogens (tertiary/aromatic N) is 2. The summed E-state index contributed by atoms with van der Waals surface area (Å²) >= 11 is 2.31. The minimum Gasteiger partial charge on any atom is -0.457 e. The molecule has 1 saturated carbocycles. The Morgan fingerprint density at radius 1 is 1.12 bits per heavy atom. The lowest BCUT2D eigenvalue weighted by atomic mass is 9.95. The predicted octanol–water partition coefficient (Wildman–Crippen LogP) is 7.05. The van der Waals surface area contributed by atoms with Gasteiger partial charge in [-0.05, 0) is 80.0 Å². The van der Waals surface area contributed by atoms with Gasteiger partial charge in [-0.15, -0.1) is 0 Å². The second kappa shape index (κ2) is 15.4. The number of rotatable bonds is 12. The largest absolute Gasteiger partial charge is 0.457 e. The molecule has 43 heavy (non-hydrogen) atoms. The van der Waals surface area contributed by atoms with E-state index in [0.29, 0.717) is 24.7 Å². The molecule has 1 aliphatic rings. The van der Waals surface area contributed by atoms with E-state index < -0.39 is 17.7 Å². The lowest BCUT2D eigenvalue weighted by Crippen LogP contribution is -2.51. The van der Waals surface area contributed by atoms with Crippen molar-refractivity contribution in [2.75, 3.05) is 6.61 Å². The van der Waals surface area contributed by atoms with Crippen molar-refractivity contribution in [2.24, 2.45) is 0 Å².